The number of carboxylic acids is 1. The fourth-order valence-electron chi connectivity index (χ4n) is 2.27. The number of aromatic carboxylic acids is 1. The van der Waals surface area contributed by atoms with Crippen molar-refractivity contribution in [1.29, 1.82) is 0 Å². The lowest BCUT2D eigenvalue weighted by atomic mass is 10.1. The smallest absolute Gasteiger partial charge is 0.335 e. The molecule has 16 heavy (non-hydrogen) atoms. The molecule has 0 atom stereocenters. The second kappa shape index (κ2) is 3.11. The number of carbonyl (C=O) groups is 1. The van der Waals surface area contributed by atoms with Crippen LogP contribution in [-0.4, -0.2) is 15.6 Å². The van der Waals surface area contributed by atoms with Crippen LogP contribution in [0.2, 0.25) is 0 Å². The largest absolute Gasteiger partial charge is 0.478 e. The van der Waals surface area contributed by atoms with Crippen LogP contribution in [0.1, 0.15) is 34.8 Å². The molecular formula is C13H13NO2. The van der Waals surface area contributed by atoms with Gasteiger partial charge in [-0.2, -0.15) is 0 Å². The maximum Gasteiger partial charge on any atom is 0.335 e. The molecule has 0 radical (unpaired) electrons. The van der Waals surface area contributed by atoms with Crippen LogP contribution in [0.4, 0.5) is 0 Å². The van der Waals surface area contributed by atoms with Crippen molar-refractivity contribution in [3.63, 3.8) is 0 Å². The minimum absolute atomic E-state index is 0.362. The van der Waals surface area contributed by atoms with E-state index in [4.69, 9.17) is 5.11 Å². The normalized spacial score (nSPS) is 15.6. The zero-order chi connectivity index (χ0) is 11.3. The number of benzene rings is 1. The zero-order valence-electron chi connectivity index (χ0n) is 9.10. The van der Waals surface area contributed by atoms with Crippen molar-refractivity contribution in [2.75, 3.05) is 0 Å². The van der Waals surface area contributed by atoms with Gasteiger partial charge in [0.15, 0.2) is 0 Å². The summed E-state index contributed by atoms with van der Waals surface area (Å²) in [6, 6.07) is 7.44. The van der Waals surface area contributed by atoms with Gasteiger partial charge in [0.1, 0.15) is 0 Å². The lowest BCUT2D eigenvalue weighted by Gasteiger charge is -2.01. The lowest BCUT2D eigenvalue weighted by molar-refractivity contribution is 0.0697. The second-order valence-corrected chi connectivity index (χ2v) is 4.48. The Balaban J connectivity index is 2.20. The maximum absolute atomic E-state index is 10.9. The molecule has 0 bridgehead atoms. The first-order valence-electron chi connectivity index (χ1n) is 5.49. The monoisotopic (exact) mass is 215 g/mol. The van der Waals surface area contributed by atoms with E-state index in [1.54, 1.807) is 12.1 Å². The standard InChI is InChI=1S/C13H13NO2/c1-14-11-5-4-9(13(15)16)6-10(11)7-12(14)8-2-3-8/h4-8H,2-3H2,1H3,(H,15,16). The maximum atomic E-state index is 10.9. The average Bonchev–Trinajstić information content (AvgIpc) is 3.04. The van der Waals surface area contributed by atoms with Crippen LogP contribution in [0.15, 0.2) is 24.3 Å². The average molecular weight is 215 g/mol. The molecule has 0 amide bonds. The Kier molecular flexibility index (Phi) is 1.84. The van der Waals surface area contributed by atoms with E-state index in [-0.39, 0.29) is 0 Å². The van der Waals surface area contributed by atoms with E-state index in [1.165, 1.54) is 18.5 Å². The molecule has 1 saturated carbocycles. The molecule has 1 N–H and O–H groups in total. The molecule has 0 saturated heterocycles. The van der Waals surface area contributed by atoms with Gasteiger partial charge in [0, 0.05) is 23.6 Å². The molecule has 3 rings (SSSR count). The summed E-state index contributed by atoms with van der Waals surface area (Å²) in [7, 11) is 2.05. The van der Waals surface area contributed by atoms with Crippen LogP contribution in [-0.2, 0) is 7.05 Å². The Bertz CT molecular complexity index is 579. The molecule has 1 aliphatic carbocycles. The highest BCUT2D eigenvalue weighted by Gasteiger charge is 2.26. The molecule has 1 aromatic carbocycles. The van der Waals surface area contributed by atoms with Crippen molar-refractivity contribution in [2.45, 2.75) is 18.8 Å². The van der Waals surface area contributed by atoms with Gasteiger partial charge < -0.3 is 9.67 Å². The molecule has 0 spiro atoms. The van der Waals surface area contributed by atoms with E-state index in [1.807, 2.05) is 6.07 Å². The summed E-state index contributed by atoms with van der Waals surface area (Å²) < 4.78 is 2.18. The number of aryl methyl sites for hydroxylation is 1. The molecule has 0 aliphatic heterocycles. The van der Waals surface area contributed by atoms with Crippen LogP contribution in [0.3, 0.4) is 0 Å². The van der Waals surface area contributed by atoms with E-state index >= 15 is 0 Å². The molecule has 1 aliphatic rings. The van der Waals surface area contributed by atoms with E-state index < -0.39 is 5.97 Å². The van der Waals surface area contributed by atoms with Gasteiger partial charge in [-0.25, -0.2) is 4.79 Å². The summed E-state index contributed by atoms with van der Waals surface area (Å²) in [6.45, 7) is 0. The summed E-state index contributed by atoms with van der Waals surface area (Å²) in [4.78, 5) is 10.9. The fourth-order valence-corrected chi connectivity index (χ4v) is 2.27. The van der Waals surface area contributed by atoms with Crippen molar-refractivity contribution in [3.8, 4) is 0 Å². The highest BCUT2D eigenvalue weighted by Crippen LogP contribution is 2.41. The van der Waals surface area contributed by atoms with Gasteiger partial charge in [-0.1, -0.05) is 0 Å². The number of hydrogen-bond donors (Lipinski definition) is 1. The molecule has 1 fully saturated rings. The van der Waals surface area contributed by atoms with Crippen molar-refractivity contribution >= 4 is 16.9 Å². The second-order valence-electron chi connectivity index (χ2n) is 4.48. The van der Waals surface area contributed by atoms with Gasteiger partial charge in [0.05, 0.1) is 5.56 Å². The molecule has 2 aromatic rings. The van der Waals surface area contributed by atoms with E-state index in [0.29, 0.717) is 11.5 Å². The number of nitrogens with zero attached hydrogens (tertiary/aromatic N) is 1. The third kappa shape index (κ3) is 1.32. The summed E-state index contributed by atoms with van der Waals surface area (Å²) >= 11 is 0. The number of aromatic nitrogens is 1. The Morgan fingerprint density at radius 1 is 1.38 bits per heavy atom. The van der Waals surface area contributed by atoms with Gasteiger partial charge in [0.2, 0.25) is 0 Å². The first kappa shape index (κ1) is 9.46. The van der Waals surface area contributed by atoms with E-state index in [0.717, 1.165) is 10.9 Å². The SMILES string of the molecule is Cn1c(C2CC2)cc2cc(C(=O)O)ccc21. The predicted octanol–water partition coefficient (Wildman–Crippen LogP) is 2.75. The minimum Gasteiger partial charge on any atom is -0.478 e. The fraction of sp³-hybridized carbons (Fsp3) is 0.308. The van der Waals surface area contributed by atoms with Crippen molar-refractivity contribution in [3.05, 3.63) is 35.5 Å². The highest BCUT2D eigenvalue weighted by atomic mass is 16.4. The molecule has 1 aromatic heterocycles. The summed E-state index contributed by atoms with van der Waals surface area (Å²) in [5.74, 6) is -0.176. The molecule has 0 unspecified atom stereocenters. The van der Waals surface area contributed by atoms with Crippen molar-refractivity contribution < 1.29 is 9.90 Å². The number of hydrogen-bond acceptors (Lipinski definition) is 1. The van der Waals surface area contributed by atoms with Crippen LogP contribution in [0.5, 0.6) is 0 Å². The van der Waals surface area contributed by atoms with Gasteiger partial charge in [-0.15, -0.1) is 0 Å². The van der Waals surface area contributed by atoms with Gasteiger partial charge >= 0.3 is 5.97 Å². The Hall–Kier alpha value is -1.77. The molecule has 3 heteroatoms. The Labute approximate surface area is 93.3 Å². The summed E-state index contributed by atoms with van der Waals surface area (Å²) in [5, 5.41) is 9.97. The topological polar surface area (TPSA) is 42.2 Å². The number of rotatable bonds is 2. The van der Waals surface area contributed by atoms with Crippen LogP contribution < -0.4 is 0 Å². The Morgan fingerprint density at radius 3 is 2.75 bits per heavy atom. The van der Waals surface area contributed by atoms with Crippen molar-refractivity contribution in [2.24, 2.45) is 7.05 Å². The lowest BCUT2D eigenvalue weighted by Crippen LogP contribution is -1.96. The third-order valence-electron chi connectivity index (χ3n) is 3.32. The predicted molar refractivity (Wildman–Crippen MR) is 61.9 cm³/mol. The first-order chi connectivity index (χ1) is 7.66. The highest BCUT2D eigenvalue weighted by molar-refractivity contribution is 5.94. The molecule has 3 nitrogen and oxygen atoms in total. The van der Waals surface area contributed by atoms with Crippen LogP contribution in [0.25, 0.3) is 10.9 Å². The third-order valence-corrected chi connectivity index (χ3v) is 3.32. The van der Waals surface area contributed by atoms with Gasteiger partial charge in [-0.3, -0.25) is 0 Å². The Morgan fingerprint density at radius 2 is 2.12 bits per heavy atom. The first-order valence-corrected chi connectivity index (χ1v) is 5.49. The summed E-state index contributed by atoms with van der Waals surface area (Å²) in [6.07, 6.45) is 2.52. The molecule has 1 heterocycles. The molecular weight excluding hydrogens is 202 g/mol. The van der Waals surface area contributed by atoms with Crippen molar-refractivity contribution in [1.82, 2.24) is 4.57 Å². The molecule has 82 valence electrons. The number of carboxylic acid groups (broad SMARTS) is 1. The minimum atomic E-state index is -0.862. The van der Waals surface area contributed by atoms with Gasteiger partial charge in [0.25, 0.3) is 0 Å². The van der Waals surface area contributed by atoms with Crippen LogP contribution in [0, 0.1) is 0 Å². The van der Waals surface area contributed by atoms with Crippen LogP contribution >= 0.6 is 0 Å². The quantitative estimate of drug-likeness (QED) is 0.836. The zero-order valence-corrected chi connectivity index (χ0v) is 9.10. The van der Waals surface area contributed by atoms with E-state index in [2.05, 4.69) is 17.7 Å². The van der Waals surface area contributed by atoms with E-state index in [9.17, 15) is 4.79 Å². The number of fused-ring (bicyclic) bond motifs is 1. The summed E-state index contributed by atoms with van der Waals surface area (Å²) in [5.41, 5.74) is 2.81. The van der Waals surface area contributed by atoms with Gasteiger partial charge in [-0.05, 0) is 43.0 Å².